The van der Waals surface area contributed by atoms with Crippen LogP contribution in [-0.4, -0.2) is 53.7 Å². The van der Waals surface area contributed by atoms with E-state index in [-0.39, 0.29) is 6.09 Å². The second-order valence-electron chi connectivity index (χ2n) is 3.87. The van der Waals surface area contributed by atoms with Gasteiger partial charge in [-0.2, -0.15) is 0 Å². The van der Waals surface area contributed by atoms with E-state index in [1.54, 1.807) is 18.0 Å². The molecule has 6 nitrogen and oxygen atoms in total. The van der Waals surface area contributed by atoms with Crippen LogP contribution in [0.3, 0.4) is 0 Å². The Labute approximate surface area is 111 Å². The Bertz CT molecular complexity index is 421. The van der Waals surface area contributed by atoms with Gasteiger partial charge < -0.3 is 14.5 Å². The molecule has 98 valence electrons. The molecule has 1 aromatic heterocycles. The summed E-state index contributed by atoms with van der Waals surface area (Å²) < 4.78 is 4.96. The van der Waals surface area contributed by atoms with Crippen LogP contribution in [0.5, 0.6) is 0 Å². The lowest BCUT2D eigenvalue weighted by molar-refractivity contribution is 0.105. The van der Waals surface area contributed by atoms with Crippen LogP contribution in [0.25, 0.3) is 0 Å². The predicted octanol–water partition coefficient (Wildman–Crippen LogP) is 1.41. The molecule has 0 spiro atoms. The van der Waals surface area contributed by atoms with E-state index in [2.05, 4.69) is 14.9 Å². The molecule has 0 N–H and O–H groups in total. The average molecular weight is 271 g/mol. The van der Waals surface area contributed by atoms with E-state index in [4.69, 9.17) is 16.3 Å². The van der Waals surface area contributed by atoms with E-state index in [1.807, 2.05) is 0 Å². The van der Waals surface area contributed by atoms with E-state index in [0.29, 0.717) is 37.9 Å². The van der Waals surface area contributed by atoms with Crippen molar-refractivity contribution >= 4 is 23.5 Å². The number of rotatable bonds is 2. The Balaban J connectivity index is 1.92. The molecular formula is C11H15ClN4O2. The van der Waals surface area contributed by atoms with Crippen LogP contribution >= 0.6 is 11.6 Å². The normalized spacial score (nSPS) is 15.7. The molecule has 0 unspecified atom stereocenters. The van der Waals surface area contributed by atoms with Crippen molar-refractivity contribution in [1.82, 2.24) is 14.9 Å². The molecule has 0 bridgehead atoms. The minimum absolute atomic E-state index is 0.255. The zero-order valence-electron chi connectivity index (χ0n) is 10.2. The summed E-state index contributed by atoms with van der Waals surface area (Å²) in [6.07, 6.45) is 2.92. The van der Waals surface area contributed by atoms with Gasteiger partial charge in [0.05, 0.1) is 19.0 Å². The van der Waals surface area contributed by atoms with Gasteiger partial charge in [-0.15, -0.1) is 0 Å². The minimum Gasteiger partial charge on any atom is -0.450 e. The summed E-state index contributed by atoms with van der Waals surface area (Å²) in [5, 5.41) is 0.375. The number of carbonyl (C=O) groups excluding carboxylic acids is 1. The molecule has 1 aliphatic heterocycles. The number of anilines is 1. The molecule has 0 atom stereocenters. The van der Waals surface area contributed by atoms with E-state index in [9.17, 15) is 4.79 Å². The highest BCUT2D eigenvalue weighted by Gasteiger charge is 2.22. The molecule has 2 heterocycles. The Morgan fingerprint density at radius 2 is 2.11 bits per heavy atom. The van der Waals surface area contributed by atoms with Crippen molar-refractivity contribution in [1.29, 1.82) is 0 Å². The van der Waals surface area contributed by atoms with Crippen LogP contribution in [0.4, 0.5) is 10.6 Å². The van der Waals surface area contributed by atoms with E-state index >= 15 is 0 Å². The van der Waals surface area contributed by atoms with Gasteiger partial charge in [-0.1, -0.05) is 11.6 Å². The SMILES string of the molecule is CCOC(=O)N1CCN(c2cncc(Cl)n2)CC1. The lowest BCUT2D eigenvalue weighted by Crippen LogP contribution is -2.49. The predicted molar refractivity (Wildman–Crippen MR) is 67.9 cm³/mol. The number of nitrogens with zero attached hydrogens (tertiary/aromatic N) is 4. The molecule has 0 aliphatic carbocycles. The zero-order valence-corrected chi connectivity index (χ0v) is 10.9. The summed E-state index contributed by atoms with van der Waals surface area (Å²) in [5.74, 6) is 0.742. The first-order valence-electron chi connectivity index (χ1n) is 5.85. The minimum atomic E-state index is -0.255. The molecule has 1 aliphatic rings. The highest BCUT2D eigenvalue weighted by Crippen LogP contribution is 2.15. The zero-order chi connectivity index (χ0) is 13.0. The lowest BCUT2D eigenvalue weighted by Gasteiger charge is -2.34. The van der Waals surface area contributed by atoms with Gasteiger partial charge in [0, 0.05) is 26.2 Å². The van der Waals surface area contributed by atoms with Crippen molar-refractivity contribution in [2.45, 2.75) is 6.92 Å². The van der Waals surface area contributed by atoms with Crippen molar-refractivity contribution < 1.29 is 9.53 Å². The first-order valence-corrected chi connectivity index (χ1v) is 6.22. The van der Waals surface area contributed by atoms with Crippen molar-refractivity contribution in [3.05, 3.63) is 17.5 Å². The number of ether oxygens (including phenoxy) is 1. The van der Waals surface area contributed by atoms with Gasteiger partial charge in [0.25, 0.3) is 0 Å². The van der Waals surface area contributed by atoms with Crippen LogP contribution in [0.1, 0.15) is 6.92 Å². The number of amides is 1. The van der Waals surface area contributed by atoms with Gasteiger partial charge in [0.15, 0.2) is 0 Å². The molecular weight excluding hydrogens is 256 g/mol. The number of piperazine rings is 1. The third kappa shape index (κ3) is 3.01. The second kappa shape index (κ2) is 5.86. The average Bonchev–Trinajstić information content (AvgIpc) is 2.39. The summed E-state index contributed by atoms with van der Waals surface area (Å²) in [4.78, 5) is 23.5. The maximum atomic E-state index is 11.5. The van der Waals surface area contributed by atoms with E-state index in [1.165, 1.54) is 6.20 Å². The maximum Gasteiger partial charge on any atom is 0.409 e. The van der Waals surface area contributed by atoms with Crippen LogP contribution < -0.4 is 4.90 Å². The fraction of sp³-hybridized carbons (Fsp3) is 0.545. The Morgan fingerprint density at radius 1 is 1.39 bits per heavy atom. The van der Waals surface area contributed by atoms with Crippen molar-refractivity contribution in [2.24, 2.45) is 0 Å². The molecule has 1 fully saturated rings. The van der Waals surface area contributed by atoms with Gasteiger partial charge >= 0.3 is 6.09 Å². The topological polar surface area (TPSA) is 58.6 Å². The highest BCUT2D eigenvalue weighted by atomic mass is 35.5. The molecule has 0 saturated carbocycles. The van der Waals surface area contributed by atoms with Crippen LogP contribution in [0.2, 0.25) is 5.15 Å². The summed E-state index contributed by atoms with van der Waals surface area (Å²) >= 11 is 5.80. The molecule has 18 heavy (non-hydrogen) atoms. The van der Waals surface area contributed by atoms with Gasteiger partial charge in [0.1, 0.15) is 11.0 Å². The number of hydrogen-bond donors (Lipinski definition) is 0. The first-order chi connectivity index (χ1) is 8.70. The summed E-state index contributed by atoms with van der Waals surface area (Å²) in [6, 6.07) is 0. The van der Waals surface area contributed by atoms with E-state index < -0.39 is 0 Å². The maximum absolute atomic E-state index is 11.5. The Kier molecular flexibility index (Phi) is 4.19. The standard InChI is InChI=1S/C11H15ClN4O2/c1-2-18-11(17)16-5-3-15(4-6-16)10-8-13-7-9(12)14-10/h7-8H,2-6H2,1H3. The first kappa shape index (κ1) is 12.9. The number of halogens is 1. The van der Waals surface area contributed by atoms with E-state index in [0.717, 1.165) is 5.82 Å². The lowest BCUT2D eigenvalue weighted by atomic mass is 10.3. The van der Waals surface area contributed by atoms with Crippen molar-refractivity contribution in [3.8, 4) is 0 Å². The van der Waals surface area contributed by atoms with Crippen molar-refractivity contribution in [2.75, 3.05) is 37.7 Å². The van der Waals surface area contributed by atoms with Gasteiger partial charge in [0.2, 0.25) is 0 Å². The number of carbonyl (C=O) groups is 1. The molecule has 0 radical (unpaired) electrons. The molecule has 7 heteroatoms. The molecule has 0 aromatic carbocycles. The number of aromatic nitrogens is 2. The molecule has 1 saturated heterocycles. The van der Waals surface area contributed by atoms with Crippen molar-refractivity contribution in [3.63, 3.8) is 0 Å². The highest BCUT2D eigenvalue weighted by molar-refractivity contribution is 6.29. The van der Waals surface area contributed by atoms with Gasteiger partial charge in [-0.25, -0.2) is 9.78 Å². The molecule has 1 amide bonds. The third-order valence-electron chi connectivity index (χ3n) is 2.72. The summed E-state index contributed by atoms with van der Waals surface area (Å²) in [6.45, 7) is 4.84. The smallest absolute Gasteiger partial charge is 0.409 e. The molecule has 2 rings (SSSR count). The van der Waals surface area contributed by atoms with Gasteiger partial charge in [-0.05, 0) is 6.92 Å². The molecule has 1 aromatic rings. The summed E-state index contributed by atoms with van der Waals surface area (Å²) in [5.41, 5.74) is 0. The quantitative estimate of drug-likeness (QED) is 0.813. The van der Waals surface area contributed by atoms with Crippen LogP contribution in [0, 0.1) is 0 Å². The Hall–Kier alpha value is -1.56. The monoisotopic (exact) mass is 270 g/mol. The Morgan fingerprint density at radius 3 is 2.72 bits per heavy atom. The second-order valence-corrected chi connectivity index (χ2v) is 4.26. The summed E-state index contributed by atoms with van der Waals surface area (Å²) in [7, 11) is 0. The van der Waals surface area contributed by atoms with Crippen LogP contribution in [-0.2, 0) is 4.74 Å². The number of hydrogen-bond acceptors (Lipinski definition) is 5. The van der Waals surface area contributed by atoms with Gasteiger partial charge in [-0.3, -0.25) is 4.98 Å². The fourth-order valence-corrected chi connectivity index (χ4v) is 1.96. The fourth-order valence-electron chi connectivity index (χ4n) is 1.82. The van der Waals surface area contributed by atoms with Crippen LogP contribution in [0.15, 0.2) is 12.4 Å². The largest absolute Gasteiger partial charge is 0.450 e. The third-order valence-corrected chi connectivity index (χ3v) is 2.90.